The lowest BCUT2D eigenvalue weighted by Gasteiger charge is -2.07. The lowest BCUT2D eigenvalue weighted by molar-refractivity contribution is 0.128. The highest BCUT2D eigenvalue weighted by atomic mass is 32.2. The Morgan fingerprint density at radius 2 is 2.24 bits per heavy atom. The number of anilines is 1. The van der Waals surface area contributed by atoms with Crippen molar-refractivity contribution in [1.82, 2.24) is 9.97 Å². The third kappa shape index (κ3) is 5.34. The van der Waals surface area contributed by atoms with Crippen molar-refractivity contribution in [3.63, 3.8) is 0 Å². The SMILES string of the molecule is CCOCc1nc(NC)cc(SCCOC)n1. The molecule has 0 saturated carbocycles. The molecule has 0 radical (unpaired) electrons. The Labute approximate surface area is 106 Å². The number of thioether (sulfide) groups is 1. The Bertz CT molecular complexity index is 336. The first-order chi connectivity index (χ1) is 8.30. The number of hydrogen-bond acceptors (Lipinski definition) is 6. The van der Waals surface area contributed by atoms with E-state index in [2.05, 4.69) is 15.3 Å². The zero-order chi connectivity index (χ0) is 12.5. The third-order valence-corrected chi connectivity index (χ3v) is 2.85. The lowest BCUT2D eigenvalue weighted by atomic mass is 10.5. The molecule has 0 bridgehead atoms. The summed E-state index contributed by atoms with van der Waals surface area (Å²) in [5.41, 5.74) is 0. The van der Waals surface area contributed by atoms with Gasteiger partial charge in [-0.3, -0.25) is 0 Å². The maximum atomic E-state index is 5.31. The molecule has 0 fully saturated rings. The minimum Gasteiger partial charge on any atom is -0.384 e. The van der Waals surface area contributed by atoms with Crippen LogP contribution in [-0.2, 0) is 16.1 Å². The summed E-state index contributed by atoms with van der Waals surface area (Å²) in [5.74, 6) is 2.40. The van der Waals surface area contributed by atoms with Gasteiger partial charge in [0.05, 0.1) is 6.61 Å². The summed E-state index contributed by atoms with van der Waals surface area (Å²) in [7, 11) is 3.54. The molecular weight excluding hydrogens is 238 g/mol. The van der Waals surface area contributed by atoms with Gasteiger partial charge in [-0.15, -0.1) is 11.8 Å². The van der Waals surface area contributed by atoms with Gasteiger partial charge in [0.2, 0.25) is 0 Å². The highest BCUT2D eigenvalue weighted by molar-refractivity contribution is 7.99. The predicted molar refractivity (Wildman–Crippen MR) is 69.5 cm³/mol. The molecule has 0 aliphatic rings. The first-order valence-electron chi connectivity index (χ1n) is 5.55. The zero-order valence-electron chi connectivity index (χ0n) is 10.5. The van der Waals surface area contributed by atoms with Crippen LogP contribution in [0.3, 0.4) is 0 Å². The third-order valence-electron chi connectivity index (χ3n) is 1.98. The van der Waals surface area contributed by atoms with Gasteiger partial charge < -0.3 is 14.8 Å². The molecular formula is C11H19N3O2S. The molecule has 1 rings (SSSR count). The molecule has 1 N–H and O–H groups in total. The maximum Gasteiger partial charge on any atom is 0.157 e. The van der Waals surface area contributed by atoms with Crippen LogP contribution in [-0.4, -0.2) is 43.1 Å². The molecule has 5 nitrogen and oxygen atoms in total. The van der Waals surface area contributed by atoms with Gasteiger partial charge in [0.25, 0.3) is 0 Å². The standard InChI is InChI=1S/C11H19N3O2S/c1-4-16-8-10-13-9(12-2)7-11(14-10)17-6-5-15-3/h7H,4-6,8H2,1-3H3,(H,12,13,14). The largest absolute Gasteiger partial charge is 0.384 e. The molecule has 6 heteroatoms. The van der Waals surface area contributed by atoms with E-state index in [-0.39, 0.29) is 0 Å². The minimum atomic E-state index is 0.448. The summed E-state index contributed by atoms with van der Waals surface area (Å²) in [4.78, 5) is 8.75. The summed E-state index contributed by atoms with van der Waals surface area (Å²) >= 11 is 1.65. The van der Waals surface area contributed by atoms with Crippen LogP contribution in [0.4, 0.5) is 5.82 Å². The van der Waals surface area contributed by atoms with Gasteiger partial charge in [0.1, 0.15) is 17.5 Å². The molecule has 0 unspecified atom stereocenters. The molecule has 0 aliphatic carbocycles. The summed E-state index contributed by atoms with van der Waals surface area (Å²) < 4.78 is 10.3. The van der Waals surface area contributed by atoms with Crippen molar-refractivity contribution in [3.8, 4) is 0 Å². The van der Waals surface area contributed by atoms with Crippen LogP contribution in [0.2, 0.25) is 0 Å². The normalized spacial score (nSPS) is 10.5. The molecule has 96 valence electrons. The molecule has 0 aliphatic heterocycles. The van der Waals surface area contributed by atoms with Gasteiger partial charge >= 0.3 is 0 Å². The number of methoxy groups -OCH3 is 1. The van der Waals surface area contributed by atoms with Gasteiger partial charge in [-0.25, -0.2) is 9.97 Å². The Morgan fingerprint density at radius 3 is 2.88 bits per heavy atom. The van der Waals surface area contributed by atoms with Gasteiger partial charge in [-0.05, 0) is 6.92 Å². The quantitative estimate of drug-likeness (QED) is 0.435. The van der Waals surface area contributed by atoms with Crippen LogP contribution in [0, 0.1) is 0 Å². The van der Waals surface area contributed by atoms with Crippen molar-refractivity contribution in [1.29, 1.82) is 0 Å². The van der Waals surface area contributed by atoms with E-state index in [4.69, 9.17) is 9.47 Å². The number of nitrogens with zero attached hydrogens (tertiary/aromatic N) is 2. The Hall–Kier alpha value is -0.850. The Kier molecular flexibility index (Phi) is 6.91. The minimum absolute atomic E-state index is 0.448. The average molecular weight is 257 g/mol. The van der Waals surface area contributed by atoms with E-state index >= 15 is 0 Å². The zero-order valence-corrected chi connectivity index (χ0v) is 11.3. The fraction of sp³-hybridized carbons (Fsp3) is 0.636. The van der Waals surface area contributed by atoms with Crippen molar-refractivity contribution in [2.75, 3.05) is 38.4 Å². The molecule has 1 heterocycles. The molecule has 0 atom stereocenters. The number of hydrogen-bond donors (Lipinski definition) is 1. The highest BCUT2D eigenvalue weighted by Crippen LogP contribution is 2.18. The number of nitrogens with one attached hydrogen (secondary N) is 1. The van der Waals surface area contributed by atoms with E-state index in [9.17, 15) is 0 Å². The van der Waals surface area contributed by atoms with Gasteiger partial charge in [-0.2, -0.15) is 0 Å². The van der Waals surface area contributed by atoms with E-state index in [1.165, 1.54) is 0 Å². The molecule has 0 saturated heterocycles. The van der Waals surface area contributed by atoms with E-state index < -0.39 is 0 Å². The van der Waals surface area contributed by atoms with Crippen molar-refractivity contribution >= 4 is 17.6 Å². The second-order valence-electron chi connectivity index (χ2n) is 3.24. The average Bonchev–Trinajstić information content (AvgIpc) is 2.36. The van der Waals surface area contributed by atoms with Crippen molar-refractivity contribution < 1.29 is 9.47 Å². The summed E-state index contributed by atoms with van der Waals surface area (Å²) in [5, 5.41) is 3.96. The van der Waals surface area contributed by atoms with Crippen LogP contribution >= 0.6 is 11.8 Å². The first kappa shape index (κ1) is 14.2. The molecule has 1 aromatic rings. The molecule has 1 aromatic heterocycles. The van der Waals surface area contributed by atoms with Gasteiger partial charge in [0, 0.05) is 32.6 Å². The van der Waals surface area contributed by atoms with Crippen LogP contribution in [0.5, 0.6) is 0 Å². The number of rotatable bonds is 8. The molecule has 0 aromatic carbocycles. The Morgan fingerprint density at radius 1 is 1.41 bits per heavy atom. The van der Waals surface area contributed by atoms with Crippen molar-refractivity contribution in [2.24, 2.45) is 0 Å². The Balaban J connectivity index is 2.67. The monoisotopic (exact) mass is 257 g/mol. The molecule has 17 heavy (non-hydrogen) atoms. The van der Waals surface area contributed by atoms with Gasteiger partial charge in [0.15, 0.2) is 5.82 Å². The topological polar surface area (TPSA) is 56.3 Å². The fourth-order valence-corrected chi connectivity index (χ4v) is 1.99. The van der Waals surface area contributed by atoms with E-state index in [1.807, 2.05) is 20.0 Å². The number of aromatic nitrogens is 2. The maximum absolute atomic E-state index is 5.31. The molecule has 0 amide bonds. The van der Waals surface area contributed by atoms with Crippen LogP contribution in [0.1, 0.15) is 12.7 Å². The van der Waals surface area contributed by atoms with Crippen molar-refractivity contribution in [2.45, 2.75) is 18.6 Å². The predicted octanol–water partition coefficient (Wildman–Crippen LogP) is 1.79. The second kappa shape index (κ2) is 8.27. The molecule has 0 spiro atoms. The van der Waals surface area contributed by atoms with Crippen LogP contribution < -0.4 is 5.32 Å². The summed E-state index contributed by atoms with van der Waals surface area (Å²) in [6.45, 7) is 3.78. The van der Waals surface area contributed by atoms with Crippen LogP contribution in [0.25, 0.3) is 0 Å². The van der Waals surface area contributed by atoms with E-state index in [0.717, 1.165) is 16.6 Å². The summed E-state index contributed by atoms with van der Waals surface area (Å²) in [6, 6.07) is 1.93. The summed E-state index contributed by atoms with van der Waals surface area (Å²) in [6.07, 6.45) is 0. The van der Waals surface area contributed by atoms with Crippen molar-refractivity contribution in [3.05, 3.63) is 11.9 Å². The van der Waals surface area contributed by atoms with E-state index in [0.29, 0.717) is 25.6 Å². The van der Waals surface area contributed by atoms with Gasteiger partial charge in [-0.1, -0.05) is 0 Å². The van der Waals surface area contributed by atoms with Crippen LogP contribution in [0.15, 0.2) is 11.1 Å². The second-order valence-corrected chi connectivity index (χ2v) is 4.35. The fourth-order valence-electron chi connectivity index (χ4n) is 1.16. The lowest BCUT2D eigenvalue weighted by Crippen LogP contribution is -2.04. The smallest absolute Gasteiger partial charge is 0.157 e. The number of ether oxygens (including phenoxy) is 2. The first-order valence-corrected chi connectivity index (χ1v) is 6.54. The van der Waals surface area contributed by atoms with E-state index in [1.54, 1.807) is 18.9 Å². The highest BCUT2D eigenvalue weighted by Gasteiger charge is 2.04.